The topological polar surface area (TPSA) is 47.3 Å². The van der Waals surface area contributed by atoms with Gasteiger partial charge in [0.2, 0.25) is 0 Å². The van der Waals surface area contributed by atoms with E-state index in [1.54, 1.807) is 0 Å². The zero-order chi connectivity index (χ0) is 10.6. The Morgan fingerprint density at radius 3 is 2.57 bits per heavy atom. The lowest BCUT2D eigenvalue weighted by Gasteiger charge is -2.09. The van der Waals surface area contributed by atoms with E-state index in [2.05, 4.69) is 19.2 Å². The first-order valence-electron chi connectivity index (χ1n) is 5.85. The lowest BCUT2D eigenvalue weighted by Crippen LogP contribution is -2.33. The molecule has 0 heterocycles. The normalized spacial score (nSPS) is 13.1. The lowest BCUT2D eigenvalue weighted by molar-refractivity contribution is 0.128. The van der Waals surface area contributed by atoms with Crippen LogP contribution in [0.3, 0.4) is 0 Å². The Morgan fingerprint density at radius 2 is 1.93 bits per heavy atom. The van der Waals surface area contributed by atoms with Crippen LogP contribution in [0.15, 0.2) is 0 Å². The summed E-state index contributed by atoms with van der Waals surface area (Å²) in [7, 11) is 0. The third-order valence-electron chi connectivity index (χ3n) is 2.22. The van der Waals surface area contributed by atoms with Crippen LogP contribution in [0.4, 0.5) is 0 Å². The van der Waals surface area contributed by atoms with Crippen molar-refractivity contribution in [3.05, 3.63) is 0 Å². The number of rotatable bonds is 10. The van der Waals surface area contributed by atoms with Crippen molar-refractivity contribution < 1.29 is 4.74 Å². The summed E-state index contributed by atoms with van der Waals surface area (Å²) in [4.78, 5) is 0. The molecule has 0 bridgehead atoms. The van der Waals surface area contributed by atoms with Crippen LogP contribution in [0, 0.1) is 0 Å². The van der Waals surface area contributed by atoms with E-state index in [4.69, 9.17) is 10.5 Å². The van der Waals surface area contributed by atoms with Gasteiger partial charge >= 0.3 is 0 Å². The molecule has 0 saturated heterocycles. The monoisotopic (exact) mass is 202 g/mol. The maximum atomic E-state index is 5.76. The van der Waals surface area contributed by atoms with Gasteiger partial charge < -0.3 is 15.8 Å². The summed E-state index contributed by atoms with van der Waals surface area (Å²) < 4.78 is 5.44. The fourth-order valence-electron chi connectivity index (χ4n) is 1.08. The smallest absolute Gasteiger partial charge is 0.0478 e. The summed E-state index contributed by atoms with van der Waals surface area (Å²) >= 11 is 0. The van der Waals surface area contributed by atoms with Crippen LogP contribution >= 0.6 is 0 Å². The Hall–Kier alpha value is -0.120. The first kappa shape index (κ1) is 13.9. The van der Waals surface area contributed by atoms with Crippen LogP contribution in [0.1, 0.15) is 39.5 Å². The predicted octanol–water partition coefficient (Wildman–Crippen LogP) is 1.52. The molecule has 0 saturated carbocycles. The molecular formula is C11H26N2O. The van der Waals surface area contributed by atoms with Crippen LogP contribution < -0.4 is 11.1 Å². The van der Waals surface area contributed by atoms with Gasteiger partial charge in [0.15, 0.2) is 0 Å². The quantitative estimate of drug-likeness (QED) is 0.528. The highest BCUT2D eigenvalue weighted by Crippen LogP contribution is 1.89. The van der Waals surface area contributed by atoms with Crippen molar-refractivity contribution in [2.45, 2.75) is 45.6 Å². The molecule has 0 radical (unpaired) electrons. The molecule has 86 valence electrons. The molecule has 0 aliphatic rings. The van der Waals surface area contributed by atoms with Gasteiger partial charge in [0.05, 0.1) is 0 Å². The molecule has 0 aromatic carbocycles. The second-order valence-electron chi connectivity index (χ2n) is 3.69. The van der Waals surface area contributed by atoms with Crippen molar-refractivity contribution in [2.24, 2.45) is 5.73 Å². The van der Waals surface area contributed by atoms with Gasteiger partial charge in [-0.25, -0.2) is 0 Å². The van der Waals surface area contributed by atoms with Gasteiger partial charge in [0.1, 0.15) is 0 Å². The molecule has 14 heavy (non-hydrogen) atoms. The van der Waals surface area contributed by atoms with Crippen molar-refractivity contribution in [3.63, 3.8) is 0 Å². The van der Waals surface area contributed by atoms with E-state index in [0.717, 1.165) is 39.1 Å². The molecule has 3 heteroatoms. The van der Waals surface area contributed by atoms with E-state index in [1.165, 1.54) is 12.8 Å². The van der Waals surface area contributed by atoms with Crippen LogP contribution in [0.25, 0.3) is 0 Å². The van der Waals surface area contributed by atoms with E-state index >= 15 is 0 Å². The number of hydrogen-bond acceptors (Lipinski definition) is 3. The Morgan fingerprint density at radius 1 is 1.21 bits per heavy atom. The van der Waals surface area contributed by atoms with Crippen molar-refractivity contribution in [1.82, 2.24) is 5.32 Å². The highest BCUT2D eigenvalue weighted by molar-refractivity contribution is 4.61. The van der Waals surface area contributed by atoms with E-state index in [-0.39, 0.29) is 0 Å². The van der Waals surface area contributed by atoms with Gasteiger partial charge in [-0.2, -0.15) is 0 Å². The molecule has 3 N–H and O–H groups in total. The Labute approximate surface area is 88.4 Å². The van der Waals surface area contributed by atoms with Crippen LogP contribution in [-0.2, 0) is 4.74 Å². The minimum Gasteiger partial charge on any atom is -0.381 e. The number of ether oxygens (including phenoxy) is 1. The maximum Gasteiger partial charge on any atom is 0.0478 e. The van der Waals surface area contributed by atoms with Crippen molar-refractivity contribution >= 4 is 0 Å². The van der Waals surface area contributed by atoms with Gasteiger partial charge in [-0.05, 0) is 25.8 Å². The molecule has 0 aromatic heterocycles. The molecule has 1 unspecified atom stereocenters. The molecule has 0 amide bonds. The highest BCUT2D eigenvalue weighted by atomic mass is 16.5. The molecule has 0 spiro atoms. The highest BCUT2D eigenvalue weighted by Gasteiger charge is 1.96. The summed E-state index contributed by atoms with van der Waals surface area (Å²) in [5, 5.41) is 3.32. The second-order valence-corrected chi connectivity index (χ2v) is 3.69. The van der Waals surface area contributed by atoms with Crippen LogP contribution in [0.2, 0.25) is 0 Å². The molecule has 0 aromatic rings. The van der Waals surface area contributed by atoms with Crippen molar-refractivity contribution in [1.29, 1.82) is 0 Å². The Bertz CT molecular complexity index is 109. The number of nitrogens with two attached hydrogens (primary N) is 1. The fraction of sp³-hybridized carbons (Fsp3) is 1.00. The van der Waals surface area contributed by atoms with Gasteiger partial charge in [-0.1, -0.05) is 20.3 Å². The zero-order valence-corrected chi connectivity index (χ0v) is 9.72. The second kappa shape index (κ2) is 11.0. The van der Waals surface area contributed by atoms with Crippen LogP contribution in [-0.4, -0.2) is 32.3 Å². The van der Waals surface area contributed by atoms with E-state index < -0.39 is 0 Å². The average Bonchev–Trinajstić information content (AvgIpc) is 2.21. The summed E-state index contributed by atoms with van der Waals surface area (Å²) in [6.07, 6.45) is 4.51. The fourth-order valence-corrected chi connectivity index (χ4v) is 1.08. The average molecular weight is 202 g/mol. The number of hydrogen-bond donors (Lipinski definition) is 2. The van der Waals surface area contributed by atoms with E-state index in [0.29, 0.717) is 6.04 Å². The number of unbranched alkanes of at least 4 members (excludes halogenated alkanes) is 1. The summed E-state index contributed by atoms with van der Waals surface area (Å²) in [5.41, 5.74) is 5.76. The third-order valence-corrected chi connectivity index (χ3v) is 2.22. The van der Waals surface area contributed by atoms with Gasteiger partial charge in [-0.3, -0.25) is 0 Å². The minimum absolute atomic E-state index is 0.302. The maximum absolute atomic E-state index is 5.76. The molecule has 1 atom stereocenters. The molecule has 0 aliphatic carbocycles. The predicted molar refractivity (Wildman–Crippen MR) is 61.5 cm³/mol. The summed E-state index contributed by atoms with van der Waals surface area (Å²) in [6, 6.07) is 0.302. The minimum atomic E-state index is 0.302. The van der Waals surface area contributed by atoms with Crippen molar-refractivity contribution in [2.75, 3.05) is 26.3 Å². The molecule has 0 rings (SSSR count). The summed E-state index contributed by atoms with van der Waals surface area (Å²) in [5.74, 6) is 0. The summed E-state index contributed by atoms with van der Waals surface area (Å²) in [6.45, 7) is 8.00. The molecular weight excluding hydrogens is 176 g/mol. The SMILES string of the molecule is CCCCOCCCNCC(N)CC. The van der Waals surface area contributed by atoms with E-state index in [9.17, 15) is 0 Å². The molecule has 3 nitrogen and oxygen atoms in total. The van der Waals surface area contributed by atoms with E-state index in [1.807, 2.05) is 0 Å². The van der Waals surface area contributed by atoms with Gasteiger partial charge in [0, 0.05) is 25.8 Å². The van der Waals surface area contributed by atoms with Crippen molar-refractivity contribution in [3.8, 4) is 0 Å². The third kappa shape index (κ3) is 9.96. The zero-order valence-electron chi connectivity index (χ0n) is 9.72. The molecule has 0 fully saturated rings. The largest absolute Gasteiger partial charge is 0.381 e. The standard InChI is InChI=1S/C11H26N2O/c1-3-5-8-14-9-6-7-13-10-11(12)4-2/h11,13H,3-10,12H2,1-2H3. The first-order chi connectivity index (χ1) is 6.81. The van der Waals surface area contributed by atoms with Gasteiger partial charge in [-0.15, -0.1) is 0 Å². The lowest BCUT2D eigenvalue weighted by atomic mass is 10.2. The molecule has 0 aliphatic heterocycles. The van der Waals surface area contributed by atoms with Crippen LogP contribution in [0.5, 0.6) is 0 Å². The number of nitrogens with one attached hydrogen (secondary N) is 1. The van der Waals surface area contributed by atoms with Gasteiger partial charge in [0.25, 0.3) is 0 Å². The Balaban J connectivity index is 2.92. The first-order valence-corrected chi connectivity index (χ1v) is 5.85. The Kier molecular flexibility index (Phi) is 10.9.